The van der Waals surface area contributed by atoms with Gasteiger partial charge in [0.1, 0.15) is 0 Å². The molecule has 4 heteroatoms. The fraction of sp³-hybridized carbons (Fsp3) is 0.429. The van der Waals surface area contributed by atoms with Crippen LogP contribution in [0.4, 0.5) is 0 Å². The van der Waals surface area contributed by atoms with Crippen LogP contribution >= 0.6 is 0 Å². The number of cyclic esters (lactones) is 1. The van der Waals surface area contributed by atoms with E-state index in [1.165, 1.54) is 0 Å². The number of aliphatic imine (C=N–C) groups is 1. The molecule has 2 rings (SSSR count). The molecule has 0 saturated heterocycles. The molecule has 1 heterocycles. The highest BCUT2D eigenvalue weighted by atomic mass is 16.6. The van der Waals surface area contributed by atoms with Crippen LogP contribution in [0.3, 0.4) is 0 Å². The quantitative estimate of drug-likeness (QED) is 0.592. The van der Waals surface area contributed by atoms with Crippen molar-refractivity contribution in [1.82, 2.24) is 0 Å². The maximum Gasteiger partial charge on any atom is 0.340 e. The number of ether oxygens (including phenoxy) is 2. The third kappa shape index (κ3) is 2.96. The topological polar surface area (TPSA) is 47.9 Å². The van der Waals surface area contributed by atoms with Crippen LogP contribution in [-0.4, -0.2) is 24.0 Å². The maximum atomic E-state index is 11.6. The van der Waals surface area contributed by atoms with E-state index >= 15 is 0 Å². The zero-order valence-corrected chi connectivity index (χ0v) is 10.7. The Morgan fingerprint density at radius 3 is 2.67 bits per heavy atom. The molecule has 1 aromatic carbocycles. The molecule has 1 aliphatic rings. The van der Waals surface area contributed by atoms with Crippen molar-refractivity contribution in [3.05, 3.63) is 35.9 Å². The Bertz CT molecular complexity index is 455. The molecule has 1 aromatic rings. The summed E-state index contributed by atoms with van der Waals surface area (Å²) in [4.78, 5) is 15.8. The van der Waals surface area contributed by atoms with Crippen molar-refractivity contribution in [3.63, 3.8) is 0 Å². The molecule has 0 N–H and O–H groups in total. The lowest BCUT2D eigenvalue weighted by Gasteiger charge is -2.15. The van der Waals surface area contributed by atoms with Crippen LogP contribution in [0.2, 0.25) is 0 Å². The minimum atomic E-state index is -0.777. The largest absolute Gasteiger partial charge is 0.410 e. The normalized spacial score (nSPS) is 22.8. The van der Waals surface area contributed by atoms with Crippen molar-refractivity contribution in [2.45, 2.75) is 32.4 Å². The molecule has 0 aromatic heterocycles. The summed E-state index contributed by atoms with van der Waals surface area (Å²) in [6, 6.07) is 9.93. The first kappa shape index (κ1) is 12.8. The zero-order valence-electron chi connectivity index (χ0n) is 10.7. The highest BCUT2D eigenvalue weighted by Crippen LogP contribution is 2.23. The monoisotopic (exact) mass is 247 g/mol. The molecule has 96 valence electrons. The lowest BCUT2D eigenvalue weighted by molar-refractivity contribution is -0.139. The summed E-state index contributed by atoms with van der Waals surface area (Å²) in [7, 11) is 0. The summed E-state index contributed by atoms with van der Waals surface area (Å²) in [6.07, 6.45) is 0.538. The summed E-state index contributed by atoms with van der Waals surface area (Å²) in [5, 5.41) is 0. The van der Waals surface area contributed by atoms with Gasteiger partial charge >= 0.3 is 5.97 Å². The van der Waals surface area contributed by atoms with E-state index in [-0.39, 0.29) is 5.97 Å². The van der Waals surface area contributed by atoms with E-state index in [9.17, 15) is 4.79 Å². The molecule has 0 bridgehead atoms. The van der Waals surface area contributed by atoms with Gasteiger partial charge in [0.25, 0.3) is 0 Å². The number of rotatable bonds is 5. The first-order valence-corrected chi connectivity index (χ1v) is 6.00. The predicted molar refractivity (Wildman–Crippen MR) is 68.3 cm³/mol. The van der Waals surface area contributed by atoms with Crippen LogP contribution in [-0.2, 0) is 20.9 Å². The number of carbonyl (C=O) groups excluding carboxylic acids is 1. The number of benzene rings is 1. The van der Waals surface area contributed by atoms with Crippen molar-refractivity contribution in [3.8, 4) is 0 Å². The molecule has 18 heavy (non-hydrogen) atoms. The molecule has 0 amide bonds. The fourth-order valence-corrected chi connectivity index (χ4v) is 1.85. The lowest BCUT2D eigenvalue weighted by Crippen LogP contribution is -2.31. The van der Waals surface area contributed by atoms with Crippen LogP contribution in [0.25, 0.3) is 0 Å². The number of nitrogens with zero attached hydrogens (tertiary/aromatic N) is 1. The second-order valence-corrected chi connectivity index (χ2v) is 4.58. The molecule has 1 unspecified atom stereocenters. The van der Waals surface area contributed by atoms with Gasteiger partial charge in [0.2, 0.25) is 0 Å². The molecule has 0 spiro atoms. The van der Waals surface area contributed by atoms with Crippen LogP contribution in [0.5, 0.6) is 0 Å². The summed E-state index contributed by atoms with van der Waals surface area (Å²) in [5.74, 6) is 0.147. The minimum Gasteiger partial charge on any atom is -0.410 e. The second kappa shape index (κ2) is 5.31. The second-order valence-electron chi connectivity index (χ2n) is 4.58. The van der Waals surface area contributed by atoms with Gasteiger partial charge in [-0.2, -0.15) is 0 Å². The lowest BCUT2D eigenvalue weighted by atomic mass is 10.0. The predicted octanol–water partition coefficient (Wildman–Crippen LogP) is 2.33. The average molecular weight is 247 g/mol. The number of hydrogen-bond acceptors (Lipinski definition) is 4. The molecule has 1 atom stereocenters. The third-order valence-electron chi connectivity index (χ3n) is 2.93. The summed E-state index contributed by atoms with van der Waals surface area (Å²) in [5.41, 5.74) is 0.345. The highest BCUT2D eigenvalue weighted by molar-refractivity contribution is 5.98. The van der Waals surface area contributed by atoms with Gasteiger partial charge in [-0.25, -0.2) is 9.79 Å². The zero-order chi connectivity index (χ0) is 13.0. The Hall–Kier alpha value is -1.68. The Morgan fingerprint density at radius 2 is 2.06 bits per heavy atom. The summed E-state index contributed by atoms with van der Waals surface area (Å²) in [6.45, 7) is 4.50. The maximum absolute atomic E-state index is 11.6. The molecule has 4 nitrogen and oxygen atoms in total. The number of carbonyl (C=O) groups is 1. The van der Waals surface area contributed by atoms with Gasteiger partial charge in [-0.05, 0) is 12.5 Å². The van der Waals surface area contributed by atoms with E-state index in [2.05, 4.69) is 4.99 Å². The Balaban J connectivity index is 1.78. The number of hydrogen-bond donors (Lipinski definition) is 0. The van der Waals surface area contributed by atoms with Gasteiger partial charge in [0, 0.05) is 20.0 Å². The van der Waals surface area contributed by atoms with E-state index in [1.807, 2.05) is 30.3 Å². The van der Waals surface area contributed by atoms with Crippen LogP contribution in [0.15, 0.2) is 35.3 Å². The van der Waals surface area contributed by atoms with Crippen molar-refractivity contribution < 1.29 is 14.3 Å². The van der Waals surface area contributed by atoms with E-state index in [1.54, 1.807) is 13.8 Å². The fourth-order valence-electron chi connectivity index (χ4n) is 1.85. The standard InChI is InChI=1S/C14H17NO3/c1-11-15-14(2,13(16)18-11)8-9-17-10-12-6-4-3-5-7-12/h3-7H,8-10H2,1-2H3. The average Bonchev–Trinajstić information content (AvgIpc) is 2.60. The third-order valence-corrected chi connectivity index (χ3v) is 2.93. The summed E-state index contributed by atoms with van der Waals surface area (Å²) >= 11 is 0. The smallest absolute Gasteiger partial charge is 0.340 e. The molecule has 1 aliphatic heterocycles. The van der Waals surface area contributed by atoms with E-state index in [4.69, 9.17) is 9.47 Å². The van der Waals surface area contributed by atoms with Gasteiger partial charge in [0.05, 0.1) is 6.61 Å². The molecule has 0 saturated carbocycles. The number of esters is 1. The first-order valence-electron chi connectivity index (χ1n) is 6.00. The Kier molecular flexibility index (Phi) is 3.77. The van der Waals surface area contributed by atoms with E-state index in [0.29, 0.717) is 25.5 Å². The van der Waals surface area contributed by atoms with Crippen molar-refractivity contribution in [2.24, 2.45) is 4.99 Å². The molecule has 0 radical (unpaired) electrons. The van der Waals surface area contributed by atoms with Gasteiger partial charge < -0.3 is 9.47 Å². The van der Waals surface area contributed by atoms with Crippen LogP contribution in [0.1, 0.15) is 25.8 Å². The summed E-state index contributed by atoms with van der Waals surface area (Å²) < 4.78 is 10.5. The highest BCUT2D eigenvalue weighted by Gasteiger charge is 2.39. The van der Waals surface area contributed by atoms with Gasteiger partial charge in [-0.1, -0.05) is 30.3 Å². The van der Waals surface area contributed by atoms with Crippen molar-refractivity contribution in [2.75, 3.05) is 6.61 Å². The van der Waals surface area contributed by atoms with Crippen LogP contribution in [0, 0.1) is 0 Å². The minimum absolute atomic E-state index is 0.289. The van der Waals surface area contributed by atoms with Gasteiger partial charge in [-0.15, -0.1) is 0 Å². The molecule has 0 aliphatic carbocycles. The van der Waals surface area contributed by atoms with Crippen LogP contribution < -0.4 is 0 Å². The van der Waals surface area contributed by atoms with E-state index in [0.717, 1.165) is 5.56 Å². The first-order chi connectivity index (χ1) is 8.60. The molecule has 0 fully saturated rings. The Labute approximate surface area is 107 Å². The van der Waals surface area contributed by atoms with Crippen molar-refractivity contribution >= 4 is 11.9 Å². The SMILES string of the molecule is CC1=NC(C)(CCOCc2ccccc2)C(=O)O1. The molecular formula is C14H17NO3. The van der Waals surface area contributed by atoms with Gasteiger partial charge in [0.15, 0.2) is 11.4 Å². The van der Waals surface area contributed by atoms with Crippen molar-refractivity contribution in [1.29, 1.82) is 0 Å². The van der Waals surface area contributed by atoms with Gasteiger partial charge in [-0.3, -0.25) is 0 Å². The van der Waals surface area contributed by atoms with E-state index < -0.39 is 5.54 Å². The molecular weight excluding hydrogens is 230 g/mol. The Morgan fingerprint density at radius 1 is 1.33 bits per heavy atom.